The molecule has 2 fully saturated rings. The minimum absolute atomic E-state index is 0.0524. The molecule has 9 heteroatoms. The number of fused-ring (bicyclic) bond motifs is 2. The number of imidazole rings is 1. The maximum atomic E-state index is 15.0. The molecule has 1 amide bonds. The van der Waals surface area contributed by atoms with E-state index < -0.39 is 11.7 Å². The molecule has 166 valence electrons. The minimum Gasteiger partial charge on any atom is -0.497 e. The number of aromatic nitrogens is 5. The second-order valence-electron chi connectivity index (χ2n) is 8.51. The fraction of sp³-hybridized carbons (Fsp3) is 0.250. The Morgan fingerprint density at radius 1 is 1.24 bits per heavy atom. The fourth-order valence-corrected chi connectivity index (χ4v) is 5.17. The van der Waals surface area contributed by atoms with Gasteiger partial charge in [-0.3, -0.25) is 4.79 Å². The molecule has 1 saturated carbocycles. The van der Waals surface area contributed by atoms with E-state index in [0.717, 1.165) is 23.0 Å². The second-order valence-corrected chi connectivity index (χ2v) is 8.51. The van der Waals surface area contributed by atoms with Gasteiger partial charge in [-0.25, -0.2) is 9.37 Å². The van der Waals surface area contributed by atoms with Crippen LogP contribution < -0.4 is 4.74 Å². The number of hydrogen-bond donors (Lipinski definition) is 1. The average Bonchev–Trinajstić information content (AvgIpc) is 3.54. The normalized spacial score (nSPS) is 21.8. The van der Waals surface area contributed by atoms with Gasteiger partial charge in [0.15, 0.2) is 0 Å². The molecule has 4 aromatic rings. The molecule has 1 N–H and O–H groups in total. The predicted molar refractivity (Wildman–Crippen MR) is 118 cm³/mol. The topological polar surface area (TPSA) is 88.9 Å². The highest BCUT2D eigenvalue weighted by molar-refractivity contribution is 5.98. The number of aromatic amines is 1. The minimum atomic E-state index is -0.610. The van der Waals surface area contributed by atoms with E-state index in [0.29, 0.717) is 23.8 Å². The van der Waals surface area contributed by atoms with Crippen LogP contribution in [0.15, 0.2) is 60.9 Å². The molecule has 1 aliphatic carbocycles. The highest BCUT2D eigenvalue weighted by atomic mass is 19.1. The Morgan fingerprint density at radius 3 is 2.82 bits per heavy atom. The molecule has 6 rings (SSSR count). The van der Waals surface area contributed by atoms with Crippen LogP contribution in [-0.4, -0.2) is 49.4 Å². The first-order valence-electron chi connectivity index (χ1n) is 10.7. The van der Waals surface area contributed by atoms with Crippen LogP contribution in [0.1, 0.15) is 28.6 Å². The molecule has 2 aromatic carbocycles. The standard InChI is InChI=1S/C24H21FN6O2/c1-13-10-14-12-30(24(32)21-16(25)4-3-5-19(21)31-26-8-9-27-31)22(20(13)14)23-28-17-7-6-15(33-2)11-18(17)29-23/h3-9,11,14,20,22H,1,10,12H2,2H3,(H,28,29)/t14-,20-,22-/m0/s1. The summed E-state index contributed by atoms with van der Waals surface area (Å²) in [6.45, 7) is 4.71. The van der Waals surface area contributed by atoms with E-state index in [2.05, 4.69) is 21.8 Å². The zero-order chi connectivity index (χ0) is 22.7. The number of nitrogens with zero attached hydrogens (tertiary/aromatic N) is 5. The monoisotopic (exact) mass is 444 g/mol. The molecule has 2 aromatic heterocycles. The lowest BCUT2D eigenvalue weighted by molar-refractivity contribution is 0.0714. The van der Waals surface area contributed by atoms with Crippen molar-refractivity contribution in [2.45, 2.75) is 12.5 Å². The number of likely N-dealkylation sites (tertiary alicyclic amines) is 1. The predicted octanol–water partition coefficient (Wildman–Crippen LogP) is 3.68. The summed E-state index contributed by atoms with van der Waals surface area (Å²) in [5.41, 5.74) is 2.93. The van der Waals surface area contributed by atoms with E-state index in [1.165, 1.54) is 23.3 Å². The maximum Gasteiger partial charge on any atom is 0.259 e. The molecule has 0 radical (unpaired) electrons. The van der Waals surface area contributed by atoms with Crippen LogP contribution in [0.25, 0.3) is 16.7 Å². The Morgan fingerprint density at radius 2 is 2.06 bits per heavy atom. The third-order valence-electron chi connectivity index (χ3n) is 6.70. The zero-order valence-corrected chi connectivity index (χ0v) is 17.9. The van der Waals surface area contributed by atoms with Gasteiger partial charge in [0.05, 0.1) is 36.6 Å². The molecule has 3 atom stereocenters. The van der Waals surface area contributed by atoms with E-state index in [-0.39, 0.29) is 23.4 Å². The highest BCUT2D eigenvalue weighted by Crippen LogP contribution is 2.54. The maximum absolute atomic E-state index is 15.0. The molecular weight excluding hydrogens is 423 g/mol. The Bertz CT molecular complexity index is 1400. The summed E-state index contributed by atoms with van der Waals surface area (Å²) in [5.74, 6) is 0.692. The van der Waals surface area contributed by atoms with Gasteiger partial charge < -0.3 is 14.6 Å². The molecule has 1 aliphatic heterocycles. The smallest absolute Gasteiger partial charge is 0.259 e. The molecule has 2 aliphatic rings. The van der Waals surface area contributed by atoms with E-state index in [1.54, 1.807) is 24.1 Å². The summed E-state index contributed by atoms with van der Waals surface area (Å²) in [5, 5.41) is 8.20. The first-order chi connectivity index (χ1) is 16.0. The van der Waals surface area contributed by atoms with Crippen molar-refractivity contribution in [3.63, 3.8) is 0 Å². The Labute approximate surface area is 188 Å². The Hall–Kier alpha value is -4.01. The van der Waals surface area contributed by atoms with Gasteiger partial charge >= 0.3 is 0 Å². The quantitative estimate of drug-likeness (QED) is 0.485. The number of rotatable bonds is 4. The van der Waals surface area contributed by atoms with Crippen molar-refractivity contribution in [1.82, 2.24) is 29.9 Å². The molecular formula is C24H21FN6O2. The van der Waals surface area contributed by atoms with Gasteiger partial charge in [-0.1, -0.05) is 18.2 Å². The molecule has 0 unspecified atom stereocenters. The van der Waals surface area contributed by atoms with Gasteiger partial charge in [-0.05, 0) is 36.6 Å². The van der Waals surface area contributed by atoms with Gasteiger partial charge in [0.25, 0.3) is 5.91 Å². The van der Waals surface area contributed by atoms with Crippen LogP contribution in [0.3, 0.4) is 0 Å². The lowest BCUT2D eigenvalue weighted by Gasteiger charge is -2.35. The number of hydrogen-bond acceptors (Lipinski definition) is 5. The van der Waals surface area contributed by atoms with Crippen molar-refractivity contribution >= 4 is 16.9 Å². The Kier molecular flexibility index (Phi) is 4.33. The summed E-state index contributed by atoms with van der Waals surface area (Å²) in [4.78, 5) is 25.0. The van der Waals surface area contributed by atoms with E-state index in [9.17, 15) is 4.79 Å². The zero-order valence-electron chi connectivity index (χ0n) is 17.9. The van der Waals surface area contributed by atoms with E-state index in [4.69, 9.17) is 9.72 Å². The summed E-state index contributed by atoms with van der Waals surface area (Å²) in [6.07, 6.45) is 3.83. The SMILES string of the molecule is C=C1C[C@H]2CN(C(=O)c3c(F)cccc3-n3nccn3)[C@H](c3nc4cc(OC)ccc4[nH]3)[C@@H]12. The van der Waals surface area contributed by atoms with Crippen LogP contribution >= 0.6 is 0 Å². The lowest BCUT2D eigenvalue weighted by Crippen LogP contribution is -2.34. The lowest BCUT2D eigenvalue weighted by atomic mass is 9.69. The molecule has 3 heterocycles. The van der Waals surface area contributed by atoms with Crippen LogP contribution in [0, 0.1) is 17.7 Å². The van der Waals surface area contributed by atoms with Crippen molar-refractivity contribution in [1.29, 1.82) is 0 Å². The van der Waals surface area contributed by atoms with Gasteiger partial charge in [-0.2, -0.15) is 15.0 Å². The third-order valence-corrected chi connectivity index (χ3v) is 6.70. The van der Waals surface area contributed by atoms with Crippen molar-refractivity contribution in [2.75, 3.05) is 13.7 Å². The van der Waals surface area contributed by atoms with Gasteiger partial charge in [-0.15, -0.1) is 0 Å². The van der Waals surface area contributed by atoms with E-state index in [1.807, 2.05) is 18.2 Å². The number of benzene rings is 2. The van der Waals surface area contributed by atoms with Crippen molar-refractivity contribution in [2.24, 2.45) is 11.8 Å². The van der Waals surface area contributed by atoms with Gasteiger partial charge in [0.2, 0.25) is 0 Å². The highest BCUT2D eigenvalue weighted by Gasteiger charge is 2.53. The molecule has 0 bridgehead atoms. The average molecular weight is 444 g/mol. The summed E-state index contributed by atoms with van der Waals surface area (Å²) in [6, 6.07) is 9.72. The van der Waals surface area contributed by atoms with Gasteiger partial charge in [0.1, 0.15) is 28.6 Å². The number of carbonyl (C=O) groups excluding carboxylic acids is 1. The largest absolute Gasteiger partial charge is 0.497 e. The number of amides is 1. The van der Waals surface area contributed by atoms with Crippen LogP contribution in [0.2, 0.25) is 0 Å². The number of nitrogens with one attached hydrogen (secondary N) is 1. The summed E-state index contributed by atoms with van der Waals surface area (Å²) < 4.78 is 20.4. The fourth-order valence-electron chi connectivity index (χ4n) is 5.17. The van der Waals surface area contributed by atoms with Crippen LogP contribution in [0.4, 0.5) is 4.39 Å². The third kappa shape index (κ3) is 2.95. The van der Waals surface area contributed by atoms with Crippen molar-refractivity contribution in [3.8, 4) is 11.4 Å². The first-order valence-corrected chi connectivity index (χ1v) is 10.7. The number of methoxy groups -OCH3 is 1. The Balaban J connectivity index is 1.45. The van der Waals surface area contributed by atoms with Crippen molar-refractivity contribution in [3.05, 3.63) is 78.1 Å². The number of halogens is 1. The molecule has 0 spiro atoms. The number of ether oxygens (including phenoxy) is 1. The van der Waals surface area contributed by atoms with E-state index >= 15 is 4.39 Å². The summed E-state index contributed by atoms with van der Waals surface area (Å²) in [7, 11) is 1.61. The second kappa shape index (κ2) is 7.26. The number of H-pyrrole nitrogens is 1. The van der Waals surface area contributed by atoms with Crippen LogP contribution in [0.5, 0.6) is 5.75 Å². The first kappa shape index (κ1) is 19.7. The van der Waals surface area contributed by atoms with Crippen molar-refractivity contribution < 1.29 is 13.9 Å². The van der Waals surface area contributed by atoms with Crippen LogP contribution in [-0.2, 0) is 0 Å². The molecule has 1 saturated heterocycles. The van der Waals surface area contributed by atoms with Gasteiger partial charge in [0, 0.05) is 18.5 Å². The number of carbonyl (C=O) groups is 1. The molecule has 8 nitrogen and oxygen atoms in total. The summed E-state index contributed by atoms with van der Waals surface area (Å²) >= 11 is 0. The molecule has 33 heavy (non-hydrogen) atoms.